The monoisotopic (exact) mass is 493 g/mol. The van der Waals surface area contributed by atoms with Crippen LogP contribution < -0.4 is 10.1 Å². The van der Waals surface area contributed by atoms with Gasteiger partial charge in [-0.3, -0.25) is 4.79 Å². The molecule has 0 spiro atoms. The van der Waals surface area contributed by atoms with Gasteiger partial charge in [-0.25, -0.2) is 17.7 Å². The third-order valence-corrected chi connectivity index (χ3v) is 7.44. The fraction of sp³-hybridized carbons (Fsp3) is 0.273. The number of carbonyl (C=O) groups excluding carboxylic acids is 1. The molecule has 0 aliphatic heterocycles. The van der Waals surface area contributed by atoms with Crippen LogP contribution in [0.15, 0.2) is 52.7 Å². The third kappa shape index (κ3) is 6.07. The lowest BCUT2D eigenvalue weighted by molar-refractivity contribution is -0.115. The number of carbonyl (C=O) groups is 1. The standard InChI is InChI=1S/C22H24ClN3O4S2/c1-4-30-19-9-8-17(12-20(19)32(28,29)26(2)3)24-21(27)13-18-14-31-22(25-18)11-15-6-5-7-16(23)10-15/h5-10,12,14H,4,11,13H2,1-3H3,(H,24,27). The predicted octanol–water partition coefficient (Wildman–Crippen LogP) is 4.22. The molecule has 1 N–H and O–H groups in total. The molecule has 3 aromatic rings. The number of ether oxygens (including phenoxy) is 1. The van der Waals surface area contributed by atoms with E-state index in [-0.39, 0.29) is 23.0 Å². The zero-order chi connectivity index (χ0) is 23.3. The van der Waals surface area contributed by atoms with E-state index in [0.717, 1.165) is 14.9 Å². The van der Waals surface area contributed by atoms with Crippen molar-refractivity contribution in [1.29, 1.82) is 0 Å². The fourth-order valence-electron chi connectivity index (χ4n) is 2.96. The van der Waals surface area contributed by atoms with E-state index >= 15 is 0 Å². The average Bonchev–Trinajstić information content (AvgIpc) is 3.15. The molecule has 170 valence electrons. The minimum atomic E-state index is -3.74. The van der Waals surface area contributed by atoms with Crippen LogP contribution in [-0.4, -0.2) is 44.3 Å². The minimum Gasteiger partial charge on any atom is -0.492 e. The van der Waals surface area contributed by atoms with Crippen LogP contribution in [0.3, 0.4) is 0 Å². The summed E-state index contributed by atoms with van der Waals surface area (Å²) in [5.74, 6) is -0.0497. The SMILES string of the molecule is CCOc1ccc(NC(=O)Cc2csc(Cc3cccc(Cl)c3)n2)cc1S(=O)(=O)N(C)C. The summed E-state index contributed by atoms with van der Waals surface area (Å²) in [6, 6.07) is 12.1. The molecule has 10 heteroatoms. The van der Waals surface area contributed by atoms with Gasteiger partial charge in [-0.15, -0.1) is 11.3 Å². The summed E-state index contributed by atoms with van der Waals surface area (Å²) in [4.78, 5) is 17.1. The fourth-order valence-corrected chi connectivity index (χ4v) is 5.05. The normalized spacial score (nSPS) is 11.5. The second-order valence-corrected chi connectivity index (χ2v) is 10.6. The number of rotatable bonds is 9. The highest BCUT2D eigenvalue weighted by Gasteiger charge is 2.23. The molecular weight excluding hydrogens is 470 g/mol. The Bertz CT molecular complexity index is 1210. The molecule has 0 saturated carbocycles. The third-order valence-electron chi connectivity index (χ3n) is 4.47. The van der Waals surface area contributed by atoms with Crippen LogP contribution >= 0.6 is 22.9 Å². The van der Waals surface area contributed by atoms with E-state index in [1.807, 2.05) is 29.6 Å². The molecule has 7 nitrogen and oxygen atoms in total. The molecule has 0 aliphatic rings. The van der Waals surface area contributed by atoms with Crippen LogP contribution in [0.1, 0.15) is 23.2 Å². The van der Waals surface area contributed by atoms with Crippen LogP contribution in [-0.2, 0) is 27.7 Å². The molecule has 0 unspecified atom stereocenters. The van der Waals surface area contributed by atoms with Gasteiger partial charge >= 0.3 is 0 Å². The highest BCUT2D eigenvalue weighted by atomic mass is 35.5. The quantitative estimate of drug-likeness (QED) is 0.482. The first kappa shape index (κ1) is 24.2. The Labute approximate surface area is 197 Å². The molecule has 0 aliphatic carbocycles. The number of aromatic nitrogens is 1. The van der Waals surface area contributed by atoms with Crippen molar-refractivity contribution in [2.45, 2.75) is 24.7 Å². The average molecular weight is 494 g/mol. The number of sulfonamides is 1. The number of anilines is 1. The molecule has 32 heavy (non-hydrogen) atoms. The van der Waals surface area contributed by atoms with E-state index in [4.69, 9.17) is 16.3 Å². The van der Waals surface area contributed by atoms with Crippen LogP contribution in [0.5, 0.6) is 5.75 Å². The van der Waals surface area contributed by atoms with Crippen molar-refractivity contribution in [3.05, 3.63) is 69.1 Å². The minimum absolute atomic E-state index is 0.000355. The van der Waals surface area contributed by atoms with Crippen molar-refractivity contribution < 1.29 is 17.9 Å². The number of halogens is 1. The van der Waals surface area contributed by atoms with Crippen molar-refractivity contribution in [2.24, 2.45) is 0 Å². The number of hydrogen-bond donors (Lipinski definition) is 1. The van der Waals surface area contributed by atoms with Crippen LogP contribution in [0.2, 0.25) is 5.02 Å². The maximum atomic E-state index is 12.6. The zero-order valence-electron chi connectivity index (χ0n) is 18.0. The predicted molar refractivity (Wildman–Crippen MR) is 127 cm³/mol. The lowest BCUT2D eigenvalue weighted by Gasteiger charge is -2.16. The van der Waals surface area contributed by atoms with Gasteiger partial charge in [0.25, 0.3) is 0 Å². The lowest BCUT2D eigenvalue weighted by atomic mass is 10.2. The zero-order valence-corrected chi connectivity index (χ0v) is 20.4. The number of nitrogens with one attached hydrogen (secondary N) is 1. The molecular formula is C22H24ClN3O4S2. The van der Waals surface area contributed by atoms with Crippen molar-refractivity contribution in [3.8, 4) is 5.75 Å². The smallest absolute Gasteiger partial charge is 0.246 e. The van der Waals surface area contributed by atoms with E-state index < -0.39 is 10.0 Å². The Hall–Kier alpha value is -2.46. The Balaban J connectivity index is 1.70. The molecule has 3 rings (SSSR count). The molecule has 1 heterocycles. The van der Waals surface area contributed by atoms with E-state index in [0.29, 0.717) is 29.4 Å². The topological polar surface area (TPSA) is 88.6 Å². The second kappa shape index (κ2) is 10.4. The first-order chi connectivity index (χ1) is 15.2. The molecule has 0 fully saturated rings. The number of thiazole rings is 1. The highest BCUT2D eigenvalue weighted by molar-refractivity contribution is 7.89. The molecule has 1 aromatic heterocycles. The first-order valence-electron chi connectivity index (χ1n) is 9.86. The van der Waals surface area contributed by atoms with Crippen LogP contribution in [0, 0.1) is 0 Å². The van der Waals surface area contributed by atoms with Gasteiger partial charge in [-0.2, -0.15) is 0 Å². The Kier molecular flexibility index (Phi) is 7.89. The van der Waals surface area contributed by atoms with Crippen molar-refractivity contribution in [3.63, 3.8) is 0 Å². The second-order valence-electron chi connectivity index (χ2n) is 7.15. The Morgan fingerprint density at radius 2 is 2.00 bits per heavy atom. The summed E-state index contributed by atoms with van der Waals surface area (Å²) in [5, 5.41) is 6.15. The number of amides is 1. The van der Waals surface area contributed by atoms with Gasteiger partial charge in [0.05, 0.1) is 23.7 Å². The molecule has 2 aromatic carbocycles. The van der Waals surface area contributed by atoms with E-state index in [1.165, 1.54) is 31.5 Å². The highest BCUT2D eigenvalue weighted by Crippen LogP contribution is 2.29. The largest absolute Gasteiger partial charge is 0.492 e. The van der Waals surface area contributed by atoms with Gasteiger partial charge in [-0.1, -0.05) is 23.7 Å². The van der Waals surface area contributed by atoms with Gasteiger partial charge in [0.2, 0.25) is 15.9 Å². The van der Waals surface area contributed by atoms with E-state index in [9.17, 15) is 13.2 Å². The molecule has 0 radical (unpaired) electrons. The van der Waals surface area contributed by atoms with Crippen molar-refractivity contribution in [2.75, 3.05) is 26.0 Å². The molecule has 0 saturated heterocycles. The molecule has 0 atom stereocenters. The first-order valence-corrected chi connectivity index (χ1v) is 12.6. The van der Waals surface area contributed by atoms with Gasteiger partial charge in [0.15, 0.2) is 0 Å². The van der Waals surface area contributed by atoms with Crippen molar-refractivity contribution >= 4 is 44.6 Å². The summed E-state index contributed by atoms with van der Waals surface area (Å²) in [5.41, 5.74) is 2.07. The number of hydrogen-bond acceptors (Lipinski definition) is 6. The Morgan fingerprint density at radius 1 is 1.22 bits per heavy atom. The maximum Gasteiger partial charge on any atom is 0.246 e. The van der Waals surface area contributed by atoms with Crippen LogP contribution in [0.25, 0.3) is 0 Å². The van der Waals surface area contributed by atoms with Gasteiger partial charge in [0, 0.05) is 36.6 Å². The van der Waals surface area contributed by atoms with E-state index in [2.05, 4.69) is 10.3 Å². The number of benzene rings is 2. The van der Waals surface area contributed by atoms with Gasteiger partial charge in [0.1, 0.15) is 10.6 Å². The van der Waals surface area contributed by atoms with Gasteiger partial charge in [-0.05, 0) is 42.8 Å². The lowest BCUT2D eigenvalue weighted by Crippen LogP contribution is -2.23. The summed E-state index contributed by atoms with van der Waals surface area (Å²) in [7, 11) is -0.852. The Morgan fingerprint density at radius 3 is 2.69 bits per heavy atom. The summed E-state index contributed by atoms with van der Waals surface area (Å²) < 4.78 is 31.9. The number of nitrogens with zero attached hydrogens (tertiary/aromatic N) is 2. The maximum absolute atomic E-state index is 12.6. The van der Waals surface area contributed by atoms with Gasteiger partial charge < -0.3 is 10.1 Å². The summed E-state index contributed by atoms with van der Waals surface area (Å²) >= 11 is 7.51. The van der Waals surface area contributed by atoms with Crippen LogP contribution in [0.4, 0.5) is 5.69 Å². The molecule has 0 bridgehead atoms. The summed E-state index contributed by atoms with van der Waals surface area (Å²) in [6.45, 7) is 2.10. The summed E-state index contributed by atoms with van der Waals surface area (Å²) in [6.07, 6.45) is 0.715. The van der Waals surface area contributed by atoms with E-state index in [1.54, 1.807) is 19.1 Å². The van der Waals surface area contributed by atoms with Crippen molar-refractivity contribution in [1.82, 2.24) is 9.29 Å². The molecule has 1 amide bonds.